The predicted octanol–water partition coefficient (Wildman–Crippen LogP) is 4.06. The molecule has 2 fully saturated rings. The molecule has 1 N–H and O–H groups in total. The molecule has 156 valence electrons. The van der Waals surface area contributed by atoms with Gasteiger partial charge in [0.05, 0.1) is 0 Å². The lowest BCUT2D eigenvalue weighted by Crippen LogP contribution is -2.46. The van der Waals surface area contributed by atoms with E-state index >= 15 is 0 Å². The van der Waals surface area contributed by atoms with Gasteiger partial charge in [-0.3, -0.25) is 0 Å². The standard InChI is InChI=1S/C23H33N5O/c1-18-8-12-27(13-9-18)16-19-5-4-11-28(17-19)23(29)25-21-7-3-6-20(15-21)22-24-10-14-26(22)2/h3,6-7,10,14-15,18-19H,4-5,8-9,11-13,16-17H2,1-2H3,(H,25,29). The number of anilines is 1. The Morgan fingerprint density at radius 2 is 2.03 bits per heavy atom. The Labute approximate surface area is 173 Å². The fourth-order valence-corrected chi connectivity index (χ4v) is 4.59. The number of hydrogen-bond acceptors (Lipinski definition) is 3. The molecule has 2 aromatic rings. The number of aromatic nitrogens is 2. The summed E-state index contributed by atoms with van der Waals surface area (Å²) in [6, 6.07) is 7.95. The molecule has 1 aromatic heterocycles. The van der Waals surface area contributed by atoms with Crippen molar-refractivity contribution in [2.45, 2.75) is 32.6 Å². The Hall–Kier alpha value is -2.34. The van der Waals surface area contributed by atoms with E-state index in [1.807, 2.05) is 47.0 Å². The first-order chi connectivity index (χ1) is 14.1. The summed E-state index contributed by atoms with van der Waals surface area (Å²) < 4.78 is 1.98. The molecule has 0 spiro atoms. The van der Waals surface area contributed by atoms with Gasteiger partial charge < -0.3 is 19.7 Å². The Bertz CT molecular complexity index is 824. The van der Waals surface area contributed by atoms with Gasteiger partial charge in [0.1, 0.15) is 5.82 Å². The van der Waals surface area contributed by atoms with Crippen molar-refractivity contribution in [3.63, 3.8) is 0 Å². The molecule has 0 bridgehead atoms. The van der Waals surface area contributed by atoms with Gasteiger partial charge in [0.2, 0.25) is 0 Å². The number of benzene rings is 1. The number of likely N-dealkylation sites (tertiary alicyclic amines) is 2. The molecule has 6 nitrogen and oxygen atoms in total. The lowest BCUT2D eigenvalue weighted by Gasteiger charge is -2.37. The normalized spacial score (nSPS) is 21.3. The van der Waals surface area contributed by atoms with Gasteiger partial charge in [0.15, 0.2) is 0 Å². The van der Waals surface area contributed by atoms with E-state index in [2.05, 4.69) is 22.1 Å². The first kappa shape index (κ1) is 20.0. The van der Waals surface area contributed by atoms with Crippen molar-refractivity contribution in [2.75, 3.05) is 38.0 Å². The first-order valence-corrected chi connectivity index (χ1v) is 10.9. The van der Waals surface area contributed by atoms with E-state index in [0.29, 0.717) is 5.92 Å². The Kier molecular flexibility index (Phi) is 6.19. The van der Waals surface area contributed by atoms with Crippen molar-refractivity contribution in [1.82, 2.24) is 19.4 Å². The number of imidazole rings is 1. The molecule has 29 heavy (non-hydrogen) atoms. The van der Waals surface area contributed by atoms with Crippen LogP contribution in [0.1, 0.15) is 32.6 Å². The smallest absolute Gasteiger partial charge is 0.321 e. The highest BCUT2D eigenvalue weighted by Crippen LogP contribution is 2.24. The van der Waals surface area contributed by atoms with Crippen LogP contribution in [-0.2, 0) is 7.05 Å². The maximum absolute atomic E-state index is 12.9. The van der Waals surface area contributed by atoms with Crippen LogP contribution in [0.2, 0.25) is 0 Å². The largest absolute Gasteiger partial charge is 0.334 e. The molecule has 0 radical (unpaired) electrons. The zero-order valence-corrected chi connectivity index (χ0v) is 17.7. The molecule has 2 saturated heterocycles. The van der Waals surface area contributed by atoms with Crippen LogP contribution in [-0.4, -0.2) is 58.1 Å². The van der Waals surface area contributed by atoms with Gasteiger partial charge in [0.25, 0.3) is 0 Å². The van der Waals surface area contributed by atoms with Crippen molar-refractivity contribution >= 4 is 11.7 Å². The average molecular weight is 396 g/mol. The summed E-state index contributed by atoms with van der Waals surface area (Å²) in [6.07, 6.45) is 8.65. The van der Waals surface area contributed by atoms with Crippen LogP contribution in [0.15, 0.2) is 36.7 Å². The van der Waals surface area contributed by atoms with Crippen molar-refractivity contribution in [1.29, 1.82) is 0 Å². The molecule has 6 heteroatoms. The maximum atomic E-state index is 12.9. The fourth-order valence-electron chi connectivity index (χ4n) is 4.59. The van der Waals surface area contributed by atoms with E-state index in [9.17, 15) is 4.79 Å². The monoisotopic (exact) mass is 395 g/mol. The Morgan fingerprint density at radius 1 is 1.21 bits per heavy atom. The van der Waals surface area contributed by atoms with Crippen LogP contribution in [0.5, 0.6) is 0 Å². The second-order valence-corrected chi connectivity index (χ2v) is 8.81. The van der Waals surface area contributed by atoms with Crippen LogP contribution >= 0.6 is 0 Å². The summed E-state index contributed by atoms with van der Waals surface area (Å²) in [5.41, 5.74) is 1.83. The van der Waals surface area contributed by atoms with Gasteiger partial charge in [-0.05, 0) is 62.7 Å². The number of carbonyl (C=O) groups is 1. The number of hydrogen-bond donors (Lipinski definition) is 1. The van der Waals surface area contributed by atoms with Gasteiger partial charge in [-0.15, -0.1) is 0 Å². The molecule has 1 atom stereocenters. The molecule has 0 saturated carbocycles. The summed E-state index contributed by atoms with van der Waals surface area (Å²) in [5.74, 6) is 2.35. The van der Waals surface area contributed by atoms with Gasteiger partial charge in [0, 0.05) is 50.3 Å². The zero-order chi connectivity index (χ0) is 20.2. The molecular formula is C23H33N5O. The van der Waals surface area contributed by atoms with Crippen molar-refractivity contribution < 1.29 is 4.79 Å². The van der Waals surface area contributed by atoms with E-state index in [4.69, 9.17) is 0 Å². The summed E-state index contributed by atoms with van der Waals surface area (Å²) >= 11 is 0. The van der Waals surface area contributed by atoms with Crippen LogP contribution in [0.25, 0.3) is 11.4 Å². The molecule has 2 aliphatic heterocycles. The summed E-state index contributed by atoms with van der Waals surface area (Å²) in [7, 11) is 1.98. The van der Waals surface area contributed by atoms with Crippen molar-refractivity contribution in [3.05, 3.63) is 36.7 Å². The number of piperidine rings is 2. The van der Waals surface area contributed by atoms with E-state index < -0.39 is 0 Å². The topological polar surface area (TPSA) is 53.4 Å². The van der Waals surface area contributed by atoms with Gasteiger partial charge in [-0.2, -0.15) is 0 Å². The van der Waals surface area contributed by atoms with E-state index in [1.165, 1.54) is 32.4 Å². The Morgan fingerprint density at radius 3 is 2.79 bits per heavy atom. The molecule has 0 aliphatic carbocycles. The second-order valence-electron chi connectivity index (χ2n) is 8.81. The van der Waals surface area contributed by atoms with Crippen LogP contribution in [0.4, 0.5) is 10.5 Å². The average Bonchev–Trinajstić information content (AvgIpc) is 3.16. The highest BCUT2D eigenvalue weighted by Gasteiger charge is 2.26. The van der Waals surface area contributed by atoms with Crippen molar-refractivity contribution in [3.8, 4) is 11.4 Å². The van der Waals surface area contributed by atoms with Gasteiger partial charge >= 0.3 is 6.03 Å². The lowest BCUT2D eigenvalue weighted by molar-refractivity contribution is 0.124. The number of nitrogens with one attached hydrogen (secondary N) is 1. The minimum Gasteiger partial charge on any atom is -0.334 e. The number of amides is 2. The minimum absolute atomic E-state index is 0.0129. The molecule has 1 aromatic carbocycles. The molecule has 2 amide bonds. The van der Waals surface area contributed by atoms with E-state index in [1.54, 1.807) is 6.20 Å². The summed E-state index contributed by atoms with van der Waals surface area (Å²) in [4.78, 5) is 21.9. The van der Waals surface area contributed by atoms with Crippen LogP contribution in [0, 0.1) is 11.8 Å². The third kappa shape index (κ3) is 4.99. The Balaban J connectivity index is 1.34. The molecule has 4 rings (SSSR count). The van der Waals surface area contributed by atoms with Crippen LogP contribution < -0.4 is 5.32 Å². The second kappa shape index (κ2) is 8.99. The third-order valence-corrected chi connectivity index (χ3v) is 6.39. The summed E-state index contributed by atoms with van der Waals surface area (Å²) in [5, 5.41) is 3.10. The SMILES string of the molecule is CC1CCN(CC2CCCN(C(=O)Nc3cccc(-c4nccn4C)c3)C2)CC1. The molecular weight excluding hydrogens is 362 g/mol. The predicted molar refractivity (Wildman–Crippen MR) is 117 cm³/mol. The third-order valence-electron chi connectivity index (χ3n) is 6.39. The quantitative estimate of drug-likeness (QED) is 0.849. The highest BCUT2D eigenvalue weighted by molar-refractivity contribution is 5.90. The zero-order valence-electron chi connectivity index (χ0n) is 17.7. The van der Waals surface area contributed by atoms with E-state index in [-0.39, 0.29) is 6.03 Å². The fraction of sp³-hybridized carbons (Fsp3) is 0.565. The number of rotatable bonds is 4. The van der Waals surface area contributed by atoms with Gasteiger partial charge in [-0.1, -0.05) is 19.1 Å². The number of urea groups is 1. The minimum atomic E-state index is 0.0129. The maximum Gasteiger partial charge on any atom is 0.321 e. The number of carbonyl (C=O) groups excluding carboxylic acids is 1. The van der Waals surface area contributed by atoms with Crippen molar-refractivity contribution in [2.24, 2.45) is 18.9 Å². The van der Waals surface area contributed by atoms with E-state index in [0.717, 1.165) is 49.0 Å². The lowest BCUT2D eigenvalue weighted by atomic mass is 9.94. The molecule has 3 heterocycles. The molecule has 1 unspecified atom stereocenters. The highest BCUT2D eigenvalue weighted by atomic mass is 16.2. The molecule has 2 aliphatic rings. The van der Waals surface area contributed by atoms with Gasteiger partial charge in [-0.25, -0.2) is 9.78 Å². The summed E-state index contributed by atoms with van der Waals surface area (Å²) in [6.45, 7) is 7.61. The number of aryl methyl sites for hydroxylation is 1. The number of nitrogens with zero attached hydrogens (tertiary/aromatic N) is 4. The first-order valence-electron chi connectivity index (χ1n) is 10.9. The van der Waals surface area contributed by atoms with Crippen LogP contribution in [0.3, 0.4) is 0 Å².